The average Bonchev–Trinajstić information content (AvgIpc) is 2.80. The second-order valence-electron chi connectivity index (χ2n) is 5.66. The molecule has 1 heterocycles. The van der Waals surface area contributed by atoms with E-state index in [1.54, 1.807) is 0 Å². The van der Waals surface area contributed by atoms with Crippen molar-refractivity contribution in [1.29, 1.82) is 0 Å². The van der Waals surface area contributed by atoms with E-state index >= 15 is 0 Å². The highest BCUT2D eigenvalue weighted by Crippen LogP contribution is 2.33. The molecule has 0 bridgehead atoms. The summed E-state index contributed by atoms with van der Waals surface area (Å²) < 4.78 is 5.58. The quantitative estimate of drug-likeness (QED) is 0.794. The Bertz CT molecular complexity index is 257. The van der Waals surface area contributed by atoms with E-state index in [1.807, 2.05) is 6.26 Å². The lowest BCUT2D eigenvalue weighted by Crippen LogP contribution is -2.50. The largest absolute Gasteiger partial charge is 0.497 e. The maximum Gasteiger partial charge on any atom is 0.110 e. The Balaban J connectivity index is 1.74. The molecule has 17 heavy (non-hydrogen) atoms. The number of rotatable bonds is 5. The van der Waals surface area contributed by atoms with E-state index < -0.39 is 0 Å². The molecule has 98 valence electrons. The van der Waals surface area contributed by atoms with Crippen LogP contribution in [0.1, 0.15) is 38.5 Å². The summed E-state index contributed by atoms with van der Waals surface area (Å²) >= 11 is 0. The summed E-state index contributed by atoms with van der Waals surface area (Å²) in [5.41, 5.74) is 0.393. The van der Waals surface area contributed by atoms with Gasteiger partial charge in [0.25, 0.3) is 0 Å². The summed E-state index contributed by atoms with van der Waals surface area (Å²) in [4.78, 5) is 2.41. The molecule has 2 rings (SSSR count). The maximum atomic E-state index is 5.58. The van der Waals surface area contributed by atoms with Gasteiger partial charge in [-0.15, -0.1) is 0 Å². The second-order valence-corrected chi connectivity index (χ2v) is 5.66. The second kappa shape index (κ2) is 5.87. The molecule has 0 radical (unpaired) electrons. The normalized spacial score (nSPS) is 27.4. The van der Waals surface area contributed by atoms with Gasteiger partial charge in [-0.25, -0.2) is 0 Å². The highest BCUT2D eigenvalue weighted by molar-refractivity contribution is 4.94. The standard InChI is InChI=1S/C14H26N2O/c1-16(2)14(8-4-5-9-14)12-15-11-13-7-3-6-10-17-13/h6,10,13,15H,3-5,7-9,11-12H2,1-2H3. The van der Waals surface area contributed by atoms with Crippen LogP contribution in [0.15, 0.2) is 12.3 Å². The molecule has 1 N–H and O–H groups in total. The van der Waals surface area contributed by atoms with Crippen molar-refractivity contribution in [1.82, 2.24) is 10.2 Å². The number of ether oxygens (including phenoxy) is 1. The average molecular weight is 238 g/mol. The van der Waals surface area contributed by atoms with Gasteiger partial charge >= 0.3 is 0 Å². The fourth-order valence-corrected chi connectivity index (χ4v) is 3.02. The molecule has 1 unspecified atom stereocenters. The molecule has 1 aliphatic heterocycles. The fraction of sp³-hybridized carbons (Fsp3) is 0.857. The Hall–Kier alpha value is -0.540. The Morgan fingerprint density at radius 3 is 2.71 bits per heavy atom. The molecule has 3 heteroatoms. The smallest absolute Gasteiger partial charge is 0.110 e. The number of allylic oxidation sites excluding steroid dienone is 1. The molecule has 0 amide bonds. The molecule has 1 fully saturated rings. The van der Waals surface area contributed by atoms with Crippen molar-refractivity contribution in [2.24, 2.45) is 0 Å². The maximum absolute atomic E-state index is 5.58. The van der Waals surface area contributed by atoms with E-state index in [-0.39, 0.29) is 0 Å². The van der Waals surface area contributed by atoms with Crippen LogP contribution in [0.25, 0.3) is 0 Å². The van der Waals surface area contributed by atoms with Gasteiger partial charge in [-0.1, -0.05) is 12.8 Å². The first-order valence-electron chi connectivity index (χ1n) is 6.92. The molecule has 1 saturated carbocycles. The van der Waals surface area contributed by atoms with E-state index in [0.717, 1.165) is 25.9 Å². The van der Waals surface area contributed by atoms with Crippen LogP contribution in [0, 0.1) is 0 Å². The third-order valence-electron chi connectivity index (χ3n) is 4.33. The van der Waals surface area contributed by atoms with Crippen LogP contribution in [0.3, 0.4) is 0 Å². The zero-order valence-corrected chi connectivity index (χ0v) is 11.2. The monoisotopic (exact) mass is 238 g/mol. The molecule has 0 saturated heterocycles. The Morgan fingerprint density at radius 1 is 1.35 bits per heavy atom. The van der Waals surface area contributed by atoms with E-state index in [2.05, 4.69) is 30.4 Å². The van der Waals surface area contributed by atoms with E-state index in [4.69, 9.17) is 4.74 Å². The number of nitrogens with one attached hydrogen (secondary N) is 1. The first-order valence-corrected chi connectivity index (χ1v) is 6.92. The van der Waals surface area contributed by atoms with Crippen molar-refractivity contribution >= 4 is 0 Å². The van der Waals surface area contributed by atoms with Gasteiger partial charge in [0, 0.05) is 18.6 Å². The Labute approximate surface area is 105 Å². The van der Waals surface area contributed by atoms with Crippen LogP contribution >= 0.6 is 0 Å². The number of hydrogen-bond donors (Lipinski definition) is 1. The van der Waals surface area contributed by atoms with Crippen molar-refractivity contribution in [3.05, 3.63) is 12.3 Å². The van der Waals surface area contributed by atoms with Crippen LogP contribution in [0.5, 0.6) is 0 Å². The molecular weight excluding hydrogens is 212 g/mol. The molecule has 0 aromatic rings. The summed E-state index contributed by atoms with van der Waals surface area (Å²) in [6, 6.07) is 0. The first-order chi connectivity index (χ1) is 8.23. The third kappa shape index (κ3) is 3.23. The molecule has 3 nitrogen and oxygen atoms in total. The minimum Gasteiger partial charge on any atom is -0.497 e. The van der Waals surface area contributed by atoms with Crippen LogP contribution < -0.4 is 5.32 Å². The van der Waals surface area contributed by atoms with Gasteiger partial charge in [0.15, 0.2) is 0 Å². The topological polar surface area (TPSA) is 24.5 Å². The lowest BCUT2D eigenvalue weighted by atomic mass is 9.96. The molecular formula is C14H26N2O. The van der Waals surface area contributed by atoms with Gasteiger partial charge in [0.05, 0.1) is 6.26 Å². The van der Waals surface area contributed by atoms with Crippen molar-refractivity contribution in [3.63, 3.8) is 0 Å². The molecule has 2 aliphatic rings. The zero-order chi connectivity index (χ0) is 12.1. The van der Waals surface area contributed by atoms with Gasteiger partial charge < -0.3 is 15.0 Å². The van der Waals surface area contributed by atoms with Crippen molar-refractivity contribution < 1.29 is 4.74 Å². The lowest BCUT2D eigenvalue weighted by molar-refractivity contribution is 0.108. The summed E-state index contributed by atoms with van der Waals surface area (Å²) in [5, 5.41) is 3.62. The molecule has 1 aliphatic carbocycles. The predicted molar refractivity (Wildman–Crippen MR) is 71.0 cm³/mol. The number of hydrogen-bond acceptors (Lipinski definition) is 3. The van der Waals surface area contributed by atoms with Gasteiger partial charge in [-0.05, 0) is 45.9 Å². The Morgan fingerprint density at radius 2 is 2.12 bits per heavy atom. The predicted octanol–water partition coefficient (Wildman–Crippen LogP) is 2.14. The summed E-state index contributed by atoms with van der Waals surface area (Å²) in [5.74, 6) is 0. The summed E-state index contributed by atoms with van der Waals surface area (Å²) in [7, 11) is 4.43. The number of likely N-dealkylation sites (N-methyl/N-ethyl adjacent to an activating group) is 1. The van der Waals surface area contributed by atoms with Gasteiger partial charge in [0.2, 0.25) is 0 Å². The first kappa shape index (κ1) is 12.9. The minimum absolute atomic E-state index is 0.376. The van der Waals surface area contributed by atoms with Gasteiger partial charge in [-0.3, -0.25) is 0 Å². The number of nitrogens with zero attached hydrogens (tertiary/aromatic N) is 1. The van der Waals surface area contributed by atoms with E-state index in [9.17, 15) is 0 Å². The van der Waals surface area contributed by atoms with Crippen LogP contribution in [0.4, 0.5) is 0 Å². The highest BCUT2D eigenvalue weighted by atomic mass is 16.5. The third-order valence-corrected chi connectivity index (χ3v) is 4.33. The van der Waals surface area contributed by atoms with E-state index in [1.165, 1.54) is 25.7 Å². The molecule has 0 aromatic carbocycles. The summed E-state index contributed by atoms with van der Waals surface area (Å²) in [6.45, 7) is 2.09. The van der Waals surface area contributed by atoms with Gasteiger partial charge in [0.1, 0.15) is 6.10 Å². The van der Waals surface area contributed by atoms with Crippen LogP contribution in [-0.2, 0) is 4.74 Å². The van der Waals surface area contributed by atoms with E-state index in [0.29, 0.717) is 11.6 Å². The van der Waals surface area contributed by atoms with Crippen LogP contribution in [-0.4, -0.2) is 43.7 Å². The lowest BCUT2D eigenvalue weighted by Gasteiger charge is -2.37. The minimum atomic E-state index is 0.376. The molecule has 1 atom stereocenters. The summed E-state index contributed by atoms with van der Waals surface area (Å²) in [6.07, 6.45) is 12.1. The highest BCUT2D eigenvalue weighted by Gasteiger charge is 2.35. The zero-order valence-electron chi connectivity index (χ0n) is 11.2. The van der Waals surface area contributed by atoms with Crippen LogP contribution in [0.2, 0.25) is 0 Å². The molecule has 0 spiro atoms. The molecule has 0 aromatic heterocycles. The van der Waals surface area contributed by atoms with Crippen molar-refractivity contribution in [2.45, 2.75) is 50.2 Å². The SMILES string of the molecule is CN(C)C1(CNCC2CCC=CO2)CCCC1. The van der Waals surface area contributed by atoms with Gasteiger partial charge in [-0.2, -0.15) is 0 Å². The Kier molecular flexibility index (Phi) is 4.46. The van der Waals surface area contributed by atoms with Crippen molar-refractivity contribution in [2.75, 3.05) is 27.2 Å². The fourth-order valence-electron chi connectivity index (χ4n) is 3.02. The van der Waals surface area contributed by atoms with Crippen molar-refractivity contribution in [3.8, 4) is 0 Å².